The van der Waals surface area contributed by atoms with E-state index >= 15 is 0 Å². The Morgan fingerprint density at radius 2 is 0.640 bits per heavy atom. The molecule has 150 valence electrons. The van der Waals surface area contributed by atoms with Gasteiger partial charge in [-0.25, -0.2) is 0 Å². The van der Waals surface area contributed by atoms with Gasteiger partial charge < -0.3 is 4.90 Å². The van der Waals surface area contributed by atoms with Gasteiger partial charge in [0.05, 0.1) is 0 Å². The van der Waals surface area contributed by atoms with Crippen molar-refractivity contribution in [3.63, 3.8) is 0 Å². The third-order valence-corrected chi connectivity index (χ3v) is 5.99. The highest BCUT2D eigenvalue weighted by Crippen LogP contribution is 2.15. The largest absolute Gasteiger partial charge is 0.303 e. The Balaban J connectivity index is 2.17. The second kappa shape index (κ2) is 18.7. The summed E-state index contributed by atoms with van der Waals surface area (Å²) >= 11 is 0. The summed E-state index contributed by atoms with van der Waals surface area (Å²) in [7, 11) is 0. The van der Waals surface area contributed by atoms with Gasteiger partial charge in [-0.1, -0.05) is 116 Å². The minimum atomic E-state index is 1.32. The average molecular weight is 352 g/mol. The first-order valence-electron chi connectivity index (χ1n) is 12.2. The van der Waals surface area contributed by atoms with E-state index in [1.165, 1.54) is 148 Å². The molecule has 1 fully saturated rings. The smallest absolute Gasteiger partial charge is 0.00187 e. The number of rotatable bonds is 2. The summed E-state index contributed by atoms with van der Waals surface area (Å²) in [4.78, 5) is 2.74. The van der Waals surface area contributed by atoms with Gasteiger partial charge in [0.2, 0.25) is 0 Å². The number of hydrogen-bond donors (Lipinski definition) is 0. The SMILES string of the molecule is CCCN1CCCCCCCCCCCCCCCCCCCCC1. The summed E-state index contributed by atoms with van der Waals surface area (Å²) in [5, 5.41) is 0. The fourth-order valence-corrected chi connectivity index (χ4v) is 4.33. The van der Waals surface area contributed by atoms with Gasteiger partial charge in [0.25, 0.3) is 0 Å². The van der Waals surface area contributed by atoms with Gasteiger partial charge in [0, 0.05) is 0 Å². The highest BCUT2D eigenvalue weighted by molar-refractivity contribution is 4.59. The molecule has 0 aliphatic carbocycles. The molecule has 0 amide bonds. The highest BCUT2D eigenvalue weighted by atomic mass is 15.1. The molecule has 0 atom stereocenters. The molecule has 1 heterocycles. The van der Waals surface area contributed by atoms with Crippen LogP contribution in [0.4, 0.5) is 0 Å². The van der Waals surface area contributed by atoms with Crippen molar-refractivity contribution in [1.82, 2.24) is 4.90 Å². The average Bonchev–Trinajstić information content (AvgIpc) is 2.62. The molecule has 25 heavy (non-hydrogen) atoms. The fourth-order valence-electron chi connectivity index (χ4n) is 4.33. The minimum Gasteiger partial charge on any atom is -0.303 e. The van der Waals surface area contributed by atoms with Gasteiger partial charge in [-0.2, -0.15) is 0 Å². The van der Waals surface area contributed by atoms with Crippen LogP contribution in [0.15, 0.2) is 0 Å². The van der Waals surface area contributed by atoms with Crippen molar-refractivity contribution in [2.75, 3.05) is 19.6 Å². The molecular formula is C24H49N. The highest BCUT2D eigenvalue weighted by Gasteiger charge is 2.03. The van der Waals surface area contributed by atoms with Gasteiger partial charge in [-0.05, 0) is 38.9 Å². The Labute approximate surface area is 160 Å². The van der Waals surface area contributed by atoms with Crippen molar-refractivity contribution in [2.24, 2.45) is 0 Å². The first-order chi connectivity index (χ1) is 12.4. The van der Waals surface area contributed by atoms with E-state index in [1.54, 1.807) is 0 Å². The second-order valence-corrected chi connectivity index (χ2v) is 8.56. The molecule has 1 heteroatoms. The predicted molar refractivity (Wildman–Crippen MR) is 114 cm³/mol. The lowest BCUT2D eigenvalue weighted by Gasteiger charge is -2.21. The summed E-state index contributed by atoms with van der Waals surface area (Å²) in [5.41, 5.74) is 0. The van der Waals surface area contributed by atoms with E-state index in [2.05, 4.69) is 11.8 Å². The van der Waals surface area contributed by atoms with E-state index in [4.69, 9.17) is 0 Å². The van der Waals surface area contributed by atoms with Gasteiger partial charge >= 0.3 is 0 Å². The zero-order valence-corrected chi connectivity index (χ0v) is 17.7. The molecule has 0 N–H and O–H groups in total. The van der Waals surface area contributed by atoms with Gasteiger partial charge in [-0.15, -0.1) is 0 Å². The Kier molecular flexibility index (Phi) is 17.2. The van der Waals surface area contributed by atoms with Crippen LogP contribution in [0.5, 0.6) is 0 Å². The molecule has 0 radical (unpaired) electrons. The minimum absolute atomic E-state index is 1.32. The molecule has 1 nitrogen and oxygen atoms in total. The van der Waals surface area contributed by atoms with Crippen molar-refractivity contribution in [2.45, 2.75) is 135 Å². The van der Waals surface area contributed by atoms with E-state index in [-0.39, 0.29) is 0 Å². The standard InChI is InChI=1S/C24H49N/c1-2-22-25-23-20-18-16-14-12-10-8-6-4-3-5-7-9-11-13-15-17-19-21-24-25/h2-24H2,1H3. The Bertz CT molecular complexity index is 228. The van der Waals surface area contributed by atoms with Crippen LogP contribution in [0, 0.1) is 0 Å². The number of hydrogen-bond acceptors (Lipinski definition) is 1. The molecule has 1 aliphatic rings. The molecule has 1 saturated heterocycles. The van der Waals surface area contributed by atoms with Gasteiger partial charge in [0.15, 0.2) is 0 Å². The summed E-state index contributed by atoms with van der Waals surface area (Å²) < 4.78 is 0. The molecule has 0 aromatic carbocycles. The molecule has 0 aromatic rings. The lowest BCUT2D eigenvalue weighted by molar-refractivity contribution is 0.260. The molecule has 0 spiro atoms. The maximum Gasteiger partial charge on any atom is -0.00187 e. The lowest BCUT2D eigenvalue weighted by atomic mass is 10.0. The normalized spacial score (nSPS) is 23.4. The van der Waals surface area contributed by atoms with Gasteiger partial charge in [-0.3, -0.25) is 0 Å². The summed E-state index contributed by atoms with van der Waals surface area (Å²) in [6, 6.07) is 0. The zero-order chi connectivity index (χ0) is 17.8. The van der Waals surface area contributed by atoms with Crippen LogP contribution in [0.25, 0.3) is 0 Å². The topological polar surface area (TPSA) is 3.24 Å². The van der Waals surface area contributed by atoms with E-state index in [0.29, 0.717) is 0 Å². The van der Waals surface area contributed by atoms with Crippen LogP contribution in [-0.2, 0) is 0 Å². The van der Waals surface area contributed by atoms with Crippen molar-refractivity contribution >= 4 is 0 Å². The van der Waals surface area contributed by atoms with Crippen LogP contribution in [-0.4, -0.2) is 24.5 Å². The number of nitrogens with zero attached hydrogens (tertiary/aromatic N) is 1. The summed E-state index contributed by atoms with van der Waals surface area (Å²) in [5.74, 6) is 0. The van der Waals surface area contributed by atoms with Crippen LogP contribution >= 0.6 is 0 Å². The molecule has 1 aliphatic heterocycles. The van der Waals surface area contributed by atoms with Crippen molar-refractivity contribution in [1.29, 1.82) is 0 Å². The lowest BCUT2D eigenvalue weighted by Crippen LogP contribution is -2.27. The first kappa shape index (κ1) is 23.0. The van der Waals surface area contributed by atoms with E-state index in [9.17, 15) is 0 Å². The van der Waals surface area contributed by atoms with Gasteiger partial charge in [0.1, 0.15) is 0 Å². The summed E-state index contributed by atoms with van der Waals surface area (Å²) in [6.07, 6.45) is 29.4. The molecule has 0 aromatic heterocycles. The summed E-state index contributed by atoms with van der Waals surface area (Å²) in [6.45, 7) is 6.36. The molecule has 0 saturated carbocycles. The molecular weight excluding hydrogens is 302 g/mol. The van der Waals surface area contributed by atoms with Crippen LogP contribution in [0.2, 0.25) is 0 Å². The maximum atomic E-state index is 2.74. The monoisotopic (exact) mass is 351 g/mol. The third-order valence-electron chi connectivity index (χ3n) is 5.99. The van der Waals surface area contributed by atoms with E-state index in [1.807, 2.05) is 0 Å². The zero-order valence-electron chi connectivity index (χ0n) is 17.7. The van der Waals surface area contributed by atoms with E-state index < -0.39 is 0 Å². The van der Waals surface area contributed by atoms with Crippen LogP contribution < -0.4 is 0 Å². The Morgan fingerprint density at radius 1 is 0.400 bits per heavy atom. The Morgan fingerprint density at radius 3 is 0.880 bits per heavy atom. The second-order valence-electron chi connectivity index (χ2n) is 8.56. The first-order valence-corrected chi connectivity index (χ1v) is 12.2. The Hall–Kier alpha value is -0.0400. The maximum absolute atomic E-state index is 2.74. The fraction of sp³-hybridized carbons (Fsp3) is 1.00. The molecule has 1 rings (SSSR count). The van der Waals surface area contributed by atoms with Crippen molar-refractivity contribution < 1.29 is 0 Å². The quantitative estimate of drug-likeness (QED) is 0.485. The third kappa shape index (κ3) is 15.9. The predicted octanol–water partition coefficient (Wildman–Crippen LogP) is 8.12. The van der Waals surface area contributed by atoms with Crippen molar-refractivity contribution in [3.8, 4) is 0 Å². The molecule has 0 bridgehead atoms. The van der Waals surface area contributed by atoms with E-state index in [0.717, 1.165) is 0 Å². The van der Waals surface area contributed by atoms with Crippen molar-refractivity contribution in [3.05, 3.63) is 0 Å². The molecule has 0 unspecified atom stereocenters. The van der Waals surface area contributed by atoms with Crippen LogP contribution in [0.1, 0.15) is 135 Å². The van der Waals surface area contributed by atoms with Crippen LogP contribution in [0.3, 0.4) is 0 Å².